The number of carbonyl (C=O) groups is 1. The molecule has 0 aromatic heterocycles. The van der Waals surface area contributed by atoms with Gasteiger partial charge >= 0.3 is 0 Å². The molecule has 7 heteroatoms. The Labute approximate surface area is 177 Å². The van der Waals surface area contributed by atoms with Gasteiger partial charge in [-0.1, -0.05) is 30.3 Å². The molecule has 2 fully saturated rings. The predicted octanol–water partition coefficient (Wildman–Crippen LogP) is 3.47. The molecule has 2 aromatic rings. The Balaban J connectivity index is 1.32. The molecule has 2 aromatic carbocycles. The Morgan fingerprint density at radius 3 is 2.07 bits per heavy atom. The molecule has 4 rings (SSSR count). The van der Waals surface area contributed by atoms with Crippen LogP contribution in [0.3, 0.4) is 0 Å². The highest BCUT2D eigenvalue weighted by atomic mass is 16.6. The van der Waals surface area contributed by atoms with Crippen molar-refractivity contribution in [2.24, 2.45) is 5.92 Å². The van der Waals surface area contributed by atoms with E-state index in [4.69, 9.17) is 0 Å². The molecule has 0 bridgehead atoms. The Morgan fingerprint density at radius 1 is 0.867 bits per heavy atom. The van der Waals surface area contributed by atoms with Crippen molar-refractivity contribution < 1.29 is 9.72 Å². The zero-order valence-electron chi connectivity index (χ0n) is 17.4. The zero-order valence-corrected chi connectivity index (χ0v) is 17.4. The summed E-state index contributed by atoms with van der Waals surface area (Å²) in [7, 11) is 0. The number of hydrogen-bond donors (Lipinski definition) is 0. The first-order chi connectivity index (χ1) is 14.5. The van der Waals surface area contributed by atoms with Crippen molar-refractivity contribution in [2.75, 3.05) is 49.1 Å². The molecular weight excluding hydrogens is 380 g/mol. The average molecular weight is 409 g/mol. The first kappa shape index (κ1) is 20.2. The van der Waals surface area contributed by atoms with Crippen molar-refractivity contribution in [1.82, 2.24) is 4.90 Å². The molecule has 0 spiro atoms. The van der Waals surface area contributed by atoms with Gasteiger partial charge in [-0.2, -0.15) is 0 Å². The lowest BCUT2D eigenvalue weighted by Crippen LogP contribution is -2.51. The van der Waals surface area contributed by atoms with E-state index in [1.165, 1.54) is 11.3 Å². The molecule has 2 aliphatic heterocycles. The van der Waals surface area contributed by atoms with Crippen LogP contribution in [0.5, 0.6) is 0 Å². The van der Waals surface area contributed by atoms with Gasteiger partial charge in [0, 0.05) is 56.9 Å². The maximum atomic E-state index is 13.1. The van der Waals surface area contributed by atoms with E-state index in [1.54, 1.807) is 18.2 Å². The van der Waals surface area contributed by atoms with Gasteiger partial charge in [-0.05, 0) is 37.5 Å². The van der Waals surface area contributed by atoms with E-state index in [0.29, 0.717) is 18.8 Å². The SMILES string of the molecule is Cc1ccccc1N1CCN(C(=O)C2CCN(c3ccccc3[N+](=O)[O-])CC2)CC1. The molecule has 2 aliphatic rings. The number of benzene rings is 2. The molecule has 0 N–H and O–H groups in total. The van der Waals surface area contributed by atoms with E-state index in [2.05, 4.69) is 36.1 Å². The summed E-state index contributed by atoms with van der Waals surface area (Å²) in [5.74, 6) is 0.246. The Kier molecular flexibility index (Phi) is 5.88. The summed E-state index contributed by atoms with van der Waals surface area (Å²) in [6, 6.07) is 15.2. The van der Waals surface area contributed by atoms with Crippen molar-refractivity contribution in [3.63, 3.8) is 0 Å². The number of piperazine rings is 1. The second-order valence-corrected chi connectivity index (χ2v) is 8.11. The lowest BCUT2D eigenvalue weighted by molar-refractivity contribution is -0.384. The minimum absolute atomic E-state index is 0.00836. The summed E-state index contributed by atoms with van der Waals surface area (Å²) in [6.07, 6.45) is 1.48. The quantitative estimate of drug-likeness (QED) is 0.572. The van der Waals surface area contributed by atoms with Crippen molar-refractivity contribution in [2.45, 2.75) is 19.8 Å². The van der Waals surface area contributed by atoms with Crippen LogP contribution in [0.4, 0.5) is 17.1 Å². The van der Waals surface area contributed by atoms with Crippen LogP contribution in [0, 0.1) is 23.0 Å². The molecule has 0 radical (unpaired) electrons. The van der Waals surface area contributed by atoms with Gasteiger partial charge in [-0.15, -0.1) is 0 Å². The van der Waals surface area contributed by atoms with Crippen molar-refractivity contribution in [1.29, 1.82) is 0 Å². The first-order valence-corrected chi connectivity index (χ1v) is 10.6. The van der Waals surface area contributed by atoms with E-state index < -0.39 is 0 Å². The average Bonchev–Trinajstić information content (AvgIpc) is 2.79. The molecule has 0 unspecified atom stereocenters. The van der Waals surface area contributed by atoms with Gasteiger partial charge in [-0.3, -0.25) is 14.9 Å². The van der Waals surface area contributed by atoms with Crippen molar-refractivity contribution >= 4 is 23.0 Å². The molecule has 30 heavy (non-hydrogen) atoms. The highest BCUT2D eigenvalue weighted by Crippen LogP contribution is 2.32. The number of piperidine rings is 1. The number of aryl methyl sites for hydroxylation is 1. The molecule has 7 nitrogen and oxygen atoms in total. The van der Waals surface area contributed by atoms with Crippen LogP contribution in [-0.2, 0) is 4.79 Å². The maximum Gasteiger partial charge on any atom is 0.292 e. The van der Waals surface area contributed by atoms with Gasteiger partial charge in [0.15, 0.2) is 0 Å². The number of amides is 1. The number of anilines is 2. The number of carbonyl (C=O) groups excluding carboxylic acids is 1. The molecule has 0 aliphatic carbocycles. The summed E-state index contributed by atoms with van der Waals surface area (Å²) >= 11 is 0. The van der Waals surface area contributed by atoms with Crippen LogP contribution in [0.25, 0.3) is 0 Å². The summed E-state index contributed by atoms with van der Waals surface area (Å²) in [4.78, 5) is 30.4. The van der Waals surface area contributed by atoms with Gasteiger partial charge < -0.3 is 14.7 Å². The van der Waals surface area contributed by atoms with E-state index >= 15 is 0 Å². The number of nitro groups is 1. The largest absolute Gasteiger partial charge is 0.368 e. The van der Waals surface area contributed by atoms with Gasteiger partial charge in [0.1, 0.15) is 5.69 Å². The third kappa shape index (κ3) is 4.10. The summed E-state index contributed by atoms with van der Waals surface area (Å²) in [6.45, 7) is 6.67. The van der Waals surface area contributed by atoms with Crippen LogP contribution in [0.2, 0.25) is 0 Å². The summed E-state index contributed by atoms with van der Waals surface area (Å²) < 4.78 is 0. The van der Waals surface area contributed by atoms with Crippen LogP contribution >= 0.6 is 0 Å². The smallest absolute Gasteiger partial charge is 0.292 e. The van der Waals surface area contributed by atoms with E-state index in [-0.39, 0.29) is 22.4 Å². The van der Waals surface area contributed by atoms with Gasteiger partial charge in [-0.25, -0.2) is 0 Å². The maximum absolute atomic E-state index is 13.1. The second-order valence-electron chi connectivity index (χ2n) is 8.11. The highest BCUT2D eigenvalue weighted by Gasteiger charge is 2.32. The number of nitro benzene ring substituents is 1. The third-order valence-corrected chi connectivity index (χ3v) is 6.31. The Morgan fingerprint density at radius 2 is 1.43 bits per heavy atom. The topological polar surface area (TPSA) is 69.9 Å². The lowest BCUT2D eigenvalue weighted by Gasteiger charge is -2.40. The van der Waals surface area contributed by atoms with Crippen molar-refractivity contribution in [3.8, 4) is 0 Å². The monoisotopic (exact) mass is 408 g/mol. The fourth-order valence-electron chi connectivity index (χ4n) is 4.60. The van der Waals surface area contributed by atoms with E-state index in [0.717, 1.165) is 39.0 Å². The second kappa shape index (κ2) is 8.73. The van der Waals surface area contributed by atoms with Crippen LogP contribution in [-0.4, -0.2) is 55.0 Å². The van der Waals surface area contributed by atoms with Crippen LogP contribution in [0.15, 0.2) is 48.5 Å². The molecular formula is C23H28N4O3. The molecule has 2 heterocycles. The third-order valence-electron chi connectivity index (χ3n) is 6.31. The number of nitrogens with zero attached hydrogens (tertiary/aromatic N) is 4. The first-order valence-electron chi connectivity index (χ1n) is 10.6. The minimum Gasteiger partial charge on any atom is -0.368 e. The predicted molar refractivity (Wildman–Crippen MR) is 118 cm³/mol. The minimum atomic E-state index is -0.333. The lowest BCUT2D eigenvalue weighted by atomic mass is 9.94. The number of para-hydroxylation sites is 3. The van der Waals surface area contributed by atoms with Gasteiger partial charge in [0.25, 0.3) is 5.69 Å². The summed E-state index contributed by atoms with van der Waals surface area (Å²) in [5.41, 5.74) is 3.30. The number of hydrogen-bond acceptors (Lipinski definition) is 5. The fourth-order valence-corrected chi connectivity index (χ4v) is 4.60. The van der Waals surface area contributed by atoms with Crippen molar-refractivity contribution in [3.05, 3.63) is 64.2 Å². The van der Waals surface area contributed by atoms with Gasteiger partial charge in [0.05, 0.1) is 4.92 Å². The molecule has 0 atom stereocenters. The van der Waals surface area contributed by atoms with Crippen LogP contribution < -0.4 is 9.80 Å². The standard InChI is InChI=1S/C23H28N4O3/c1-18-6-2-3-7-20(18)25-14-16-26(17-15-25)23(28)19-10-12-24(13-11-19)21-8-4-5-9-22(21)27(29)30/h2-9,19H,10-17H2,1H3. The molecule has 2 saturated heterocycles. The normalized spacial score (nSPS) is 17.8. The molecule has 1 amide bonds. The molecule has 0 saturated carbocycles. The van der Waals surface area contributed by atoms with E-state index in [9.17, 15) is 14.9 Å². The van der Waals surface area contributed by atoms with E-state index in [1.807, 2.05) is 15.9 Å². The molecule has 158 valence electrons. The van der Waals surface area contributed by atoms with Gasteiger partial charge in [0.2, 0.25) is 5.91 Å². The highest BCUT2D eigenvalue weighted by molar-refractivity contribution is 5.79. The number of rotatable bonds is 4. The zero-order chi connectivity index (χ0) is 21.1. The Hall–Kier alpha value is -3.09. The summed E-state index contributed by atoms with van der Waals surface area (Å²) in [5, 5.41) is 11.3. The van der Waals surface area contributed by atoms with Crippen LogP contribution in [0.1, 0.15) is 18.4 Å². The Bertz CT molecular complexity index is 916. The fraction of sp³-hybridized carbons (Fsp3) is 0.435.